The van der Waals surface area contributed by atoms with Gasteiger partial charge in [0, 0.05) is 50.1 Å². The van der Waals surface area contributed by atoms with E-state index in [1.54, 1.807) is 24.3 Å². The van der Waals surface area contributed by atoms with Gasteiger partial charge in [-0.1, -0.05) is 66.2 Å². The third-order valence-corrected chi connectivity index (χ3v) is 14.5. The Labute approximate surface area is 439 Å². The van der Waals surface area contributed by atoms with Crippen molar-refractivity contribution in [2.75, 3.05) is 39.4 Å². The molecule has 12 nitrogen and oxygen atoms in total. The molecular weight excluding hydrogens is 933 g/mol. The fourth-order valence-electron chi connectivity index (χ4n) is 9.96. The van der Waals surface area contributed by atoms with Crippen molar-refractivity contribution in [2.45, 2.75) is 166 Å². The van der Waals surface area contributed by atoms with E-state index in [1.807, 2.05) is 87.7 Å². The van der Waals surface area contributed by atoms with Crippen LogP contribution in [-0.2, 0) is 31.9 Å². The highest BCUT2D eigenvalue weighted by Gasteiger charge is 2.42. The Kier molecular flexibility index (Phi) is 19.2. The molecule has 0 radical (unpaired) electrons. The molecule has 398 valence electrons. The number of rotatable bonds is 17. The predicted octanol–water partition coefficient (Wildman–Crippen LogP) is 11.1. The van der Waals surface area contributed by atoms with E-state index in [-0.39, 0.29) is 30.4 Å². The van der Waals surface area contributed by atoms with Crippen molar-refractivity contribution in [3.8, 4) is 11.5 Å². The van der Waals surface area contributed by atoms with E-state index in [1.165, 1.54) is 36.0 Å². The fourth-order valence-corrected chi connectivity index (χ4v) is 9.96. The van der Waals surface area contributed by atoms with Crippen LogP contribution in [0.4, 0.5) is 0 Å². The molecule has 4 aromatic carbocycles. The van der Waals surface area contributed by atoms with Crippen molar-refractivity contribution in [3.63, 3.8) is 0 Å². The van der Waals surface area contributed by atoms with E-state index in [0.717, 1.165) is 62.1 Å². The summed E-state index contributed by atoms with van der Waals surface area (Å²) in [7, 11) is 0. The number of benzene rings is 4. The van der Waals surface area contributed by atoms with Gasteiger partial charge in [0.05, 0.1) is 5.60 Å². The number of aryl methyl sites for hydroxylation is 2. The van der Waals surface area contributed by atoms with Crippen LogP contribution in [0.25, 0.3) is 0 Å². The van der Waals surface area contributed by atoms with E-state index in [9.17, 15) is 29.4 Å². The summed E-state index contributed by atoms with van der Waals surface area (Å²) >= 11 is 0. The zero-order valence-corrected chi connectivity index (χ0v) is 44.7. The fraction of sp³-hybridized carbons (Fsp3) is 0.516. The lowest BCUT2D eigenvalue weighted by Crippen LogP contribution is -2.50. The van der Waals surface area contributed by atoms with Gasteiger partial charge in [0.1, 0.15) is 42.0 Å². The topological polar surface area (TPSA) is 152 Å². The molecule has 4 aliphatic rings. The van der Waals surface area contributed by atoms with E-state index in [4.69, 9.17) is 18.9 Å². The smallest absolute Gasteiger partial charge is 0.306 e. The molecule has 12 heteroatoms. The van der Waals surface area contributed by atoms with Crippen molar-refractivity contribution in [1.82, 2.24) is 9.80 Å². The van der Waals surface area contributed by atoms with Gasteiger partial charge in [-0.15, -0.1) is 0 Å². The molecule has 4 fully saturated rings. The molecule has 0 spiro atoms. The number of esters is 2. The number of aliphatic hydroxyl groups excluding tert-OH is 1. The molecule has 2 saturated heterocycles. The van der Waals surface area contributed by atoms with Gasteiger partial charge in [0.15, 0.2) is 0 Å². The van der Waals surface area contributed by atoms with Crippen LogP contribution in [0, 0.1) is 0 Å². The van der Waals surface area contributed by atoms with Crippen LogP contribution in [0.2, 0.25) is 0 Å². The minimum atomic E-state index is -1.05. The van der Waals surface area contributed by atoms with Crippen molar-refractivity contribution in [3.05, 3.63) is 142 Å². The Morgan fingerprint density at radius 2 is 1.07 bits per heavy atom. The maximum atomic E-state index is 13.2. The Hall–Kier alpha value is -5.98. The molecule has 2 heterocycles. The maximum absolute atomic E-state index is 13.2. The normalized spacial score (nSPS) is 17.4. The summed E-state index contributed by atoms with van der Waals surface area (Å²) in [6.45, 7) is 14.7. The molecule has 2 saturated carbocycles. The van der Waals surface area contributed by atoms with E-state index in [2.05, 4.69) is 42.5 Å². The number of hydrogen-bond acceptors (Lipinski definition) is 10. The van der Waals surface area contributed by atoms with Gasteiger partial charge >= 0.3 is 11.9 Å². The lowest BCUT2D eigenvalue weighted by atomic mass is 9.76. The van der Waals surface area contributed by atoms with Gasteiger partial charge in [-0.05, 0) is 195 Å². The number of aliphatic hydroxyl groups is 2. The molecular formula is C62H80N2O10. The number of nitrogens with zero attached hydrogens (tertiary/aromatic N) is 2. The van der Waals surface area contributed by atoms with E-state index in [0.29, 0.717) is 86.9 Å². The predicted molar refractivity (Wildman–Crippen MR) is 288 cm³/mol. The zero-order chi connectivity index (χ0) is 52.9. The monoisotopic (exact) mass is 1010 g/mol. The van der Waals surface area contributed by atoms with Gasteiger partial charge in [-0.3, -0.25) is 19.2 Å². The summed E-state index contributed by atoms with van der Waals surface area (Å²) in [6.07, 6.45) is 12.7. The van der Waals surface area contributed by atoms with E-state index < -0.39 is 22.9 Å². The van der Waals surface area contributed by atoms with Gasteiger partial charge in [-0.25, -0.2) is 0 Å². The second kappa shape index (κ2) is 25.5. The minimum Gasteiger partial charge on any atom is -0.491 e. The summed E-state index contributed by atoms with van der Waals surface area (Å²) in [6, 6.07) is 31.5. The largest absolute Gasteiger partial charge is 0.491 e. The number of allylic oxidation sites excluding steroid dienone is 1. The second-order valence-electron chi connectivity index (χ2n) is 22.7. The summed E-state index contributed by atoms with van der Waals surface area (Å²) < 4.78 is 22.4. The molecule has 2 amide bonds. The quantitative estimate of drug-likeness (QED) is 0.0772. The summed E-state index contributed by atoms with van der Waals surface area (Å²) in [5.41, 5.74) is 5.56. The molecule has 74 heavy (non-hydrogen) atoms. The van der Waals surface area contributed by atoms with Gasteiger partial charge < -0.3 is 39.0 Å². The summed E-state index contributed by atoms with van der Waals surface area (Å²) in [5, 5.41) is 20.5. The Morgan fingerprint density at radius 1 is 0.622 bits per heavy atom. The molecule has 2 aliphatic heterocycles. The van der Waals surface area contributed by atoms with Crippen molar-refractivity contribution >= 4 is 23.8 Å². The third-order valence-electron chi connectivity index (χ3n) is 14.5. The standard InChI is InChI=1S/C31H41NO6.C31H39NO4/c1-30(2,3)38-28(34)12-11-22-7-4-8-24(19-22)23-13-17-32(18-14-23)29(35)25-9-5-10-26(20-25)37-21-27(33)31(36)15-6-16-31;1-31(2,3)36-29(33)14-13-24-9-5-10-26(21-24)25-15-18-32(19-16-25)30(34)27-11-6-12-28(22-27)35-20-17-23-7-4-8-23/h4-5,7-10,19-20,23,27,33,36H,6,11-18,21H2,1-3H3;5-6,9-12,17,21-22,25H,4,7-8,13-16,18-20H2,1-3H3. The molecule has 2 N–H and O–H groups in total. The number of likely N-dealkylation sites (tertiary alicyclic amines) is 2. The second-order valence-corrected chi connectivity index (χ2v) is 22.7. The average molecular weight is 1010 g/mol. The van der Waals surface area contributed by atoms with Gasteiger partial charge in [0.25, 0.3) is 11.8 Å². The molecule has 0 bridgehead atoms. The van der Waals surface area contributed by atoms with Crippen molar-refractivity contribution in [1.29, 1.82) is 0 Å². The highest BCUT2D eigenvalue weighted by Crippen LogP contribution is 2.36. The summed E-state index contributed by atoms with van der Waals surface area (Å²) in [4.78, 5) is 54.3. The lowest BCUT2D eigenvalue weighted by molar-refractivity contribution is -0.155. The van der Waals surface area contributed by atoms with Crippen molar-refractivity contribution < 1.29 is 48.3 Å². The average Bonchev–Trinajstić information content (AvgIpc) is 3.36. The van der Waals surface area contributed by atoms with Crippen LogP contribution in [0.5, 0.6) is 11.5 Å². The SMILES string of the molecule is CC(C)(C)OC(=O)CCc1cccc(C2CCN(C(=O)c3cccc(OCC(O)C4(O)CCC4)c3)CC2)c1.CC(C)(C)OC(=O)CCc1cccc(C2CCN(C(=O)c3cccc(OCC=C4CCC4)c3)CC2)c1. The number of carbonyl (C=O) groups is 4. The molecule has 4 aromatic rings. The van der Waals surface area contributed by atoms with Crippen LogP contribution in [0.3, 0.4) is 0 Å². The van der Waals surface area contributed by atoms with E-state index >= 15 is 0 Å². The number of piperidine rings is 2. The number of hydrogen-bond donors (Lipinski definition) is 2. The van der Waals surface area contributed by atoms with Crippen molar-refractivity contribution in [2.24, 2.45) is 0 Å². The zero-order valence-electron chi connectivity index (χ0n) is 44.7. The molecule has 2 aliphatic carbocycles. The third kappa shape index (κ3) is 16.8. The summed E-state index contributed by atoms with van der Waals surface area (Å²) in [5.74, 6) is 1.74. The first-order valence-electron chi connectivity index (χ1n) is 27.0. The molecule has 1 atom stereocenters. The van der Waals surface area contributed by atoms with Crippen LogP contribution >= 0.6 is 0 Å². The first-order valence-corrected chi connectivity index (χ1v) is 27.0. The maximum Gasteiger partial charge on any atom is 0.306 e. The highest BCUT2D eigenvalue weighted by molar-refractivity contribution is 5.95. The van der Waals surface area contributed by atoms with Crippen LogP contribution < -0.4 is 9.47 Å². The molecule has 8 rings (SSSR count). The van der Waals surface area contributed by atoms with Gasteiger partial charge in [0.2, 0.25) is 0 Å². The Bertz CT molecular complexity index is 2550. The lowest BCUT2D eigenvalue weighted by Gasteiger charge is -2.40. The molecule has 0 aromatic heterocycles. The Morgan fingerprint density at radius 3 is 1.47 bits per heavy atom. The van der Waals surface area contributed by atoms with Gasteiger partial charge in [-0.2, -0.15) is 0 Å². The number of amides is 2. The Balaban J connectivity index is 0.000000217. The first-order chi connectivity index (χ1) is 35.3. The van der Waals surface area contributed by atoms with Crippen LogP contribution in [-0.4, -0.2) is 106 Å². The number of carbonyl (C=O) groups excluding carboxylic acids is 4. The van der Waals surface area contributed by atoms with Crippen LogP contribution in [0.1, 0.15) is 173 Å². The molecule has 1 unspecified atom stereocenters. The highest BCUT2D eigenvalue weighted by atomic mass is 16.6. The minimum absolute atomic E-state index is 0.00360. The first kappa shape index (κ1) is 55.8. The number of ether oxygens (including phenoxy) is 4. The van der Waals surface area contributed by atoms with Crippen LogP contribution in [0.15, 0.2) is 109 Å².